The number of carbonyl (C=O) groups is 1. The first-order valence-electron chi connectivity index (χ1n) is 5.27. The van der Waals surface area contributed by atoms with E-state index in [4.69, 9.17) is 4.74 Å². The van der Waals surface area contributed by atoms with Gasteiger partial charge in [-0.15, -0.1) is 0 Å². The summed E-state index contributed by atoms with van der Waals surface area (Å²) in [7, 11) is 0. The van der Waals surface area contributed by atoms with Crippen molar-refractivity contribution in [2.75, 3.05) is 13.2 Å². The van der Waals surface area contributed by atoms with E-state index in [0.29, 0.717) is 6.04 Å². The lowest BCUT2D eigenvalue weighted by atomic mass is 9.76. The van der Waals surface area contributed by atoms with Crippen LogP contribution >= 0.6 is 0 Å². The monoisotopic (exact) mass is 197 g/mol. The Morgan fingerprint density at radius 1 is 1.50 bits per heavy atom. The molecule has 80 valence electrons. The molecule has 0 radical (unpaired) electrons. The standard InChI is InChI=1S/C11H19NO2/c1-8(13)12-7-11(10(2,3)4)5-9(12)6-14-11/h9H,5-7H2,1-4H3/t9-,11-/m0/s1. The minimum atomic E-state index is -0.0939. The van der Waals surface area contributed by atoms with E-state index in [1.54, 1.807) is 6.92 Å². The van der Waals surface area contributed by atoms with Crippen molar-refractivity contribution in [1.29, 1.82) is 0 Å². The van der Waals surface area contributed by atoms with Gasteiger partial charge in [0.2, 0.25) is 5.91 Å². The predicted molar refractivity (Wildman–Crippen MR) is 53.9 cm³/mol. The third-order valence-electron chi connectivity index (χ3n) is 3.76. The van der Waals surface area contributed by atoms with Crippen LogP contribution in [0.2, 0.25) is 0 Å². The molecule has 0 N–H and O–H groups in total. The highest BCUT2D eigenvalue weighted by Crippen LogP contribution is 2.48. The van der Waals surface area contributed by atoms with Crippen molar-refractivity contribution in [1.82, 2.24) is 4.90 Å². The van der Waals surface area contributed by atoms with Crippen LogP contribution in [0.15, 0.2) is 0 Å². The normalized spacial score (nSPS) is 36.6. The Kier molecular flexibility index (Phi) is 1.94. The molecule has 0 spiro atoms. The van der Waals surface area contributed by atoms with Crippen LogP contribution in [0.1, 0.15) is 34.1 Å². The number of fused-ring (bicyclic) bond motifs is 2. The highest BCUT2D eigenvalue weighted by atomic mass is 16.5. The number of carbonyl (C=O) groups excluding carboxylic acids is 1. The molecular formula is C11H19NO2. The summed E-state index contributed by atoms with van der Waals surface area (Å²) in [5.41, 5.74) is 0.0231. The Morgan fingerprint density at radius 3 is 2.50 bits per heavy atom. The molecule has 2 atom stereocenters. The number of amides is 1. The summed E-state index contributed by atoms with van der Waals surface area (Å²) in [5, 5.41) is 0. The van der Waals surface area contributed by atoms with Crippen LogP contribution < -0.4 is 0 Å². The van der Waals surface area contributed by atoms with Crippen molar-refractivity contribution < 1.29 is 9.53 Å². The maximum Gasteiger partial charge on any atom is 0.219 e. The second-order valence-corrected chi connectivity index (χ2v) is 5.56. The van der Waals surface area contributed by atoms with Gasteiger partial charge in [-0.1, -0.05) is 20.8 Å². The highest BCUT2D eigenvalue weighted by molar-refractivity contribution is 5.74. The zero-order valence-corrected chi connectivity index (χ0v) is 9.46. The molecule has 0 aromatic carbocycles. The molecule has 1 amide bonds. The van der Waals surface area contributed by atoms with E-state index in [9.17, 15) is 4.79 Å². The SMILES string of the molecule is CC(=O)N1C[C@]2(C(C)(C)C)C[C@H]1CO2. The van der Waals surface area contributed by atoms with Crippen LogP contribution in [0.25, 0.3) is 0 Å². The molecule has 0 aromatic heterocycles. The quantitative estimate of drug-likeness (QED) is 0.588. The highest BCUT2D eigenvalue weighted by Gasteiger charge is 2.57. The molecule has 2 saturated heterocycles. The van der Waals surface area contributed by atoms with Gasteiger partial charge in [0, 0.05) is 13.3 Å². The van der Waals surface area contributed by atoms with Gasteiger partial charge in [-0.2, -0.15) is 0 Å². The molecule has 2 heterocycles. The fourth-order valence-corrected chi connectivity index (χ4v) is 2.60. The van der Waals surface area contributed by atoms with E-state index in [1.807, 2.05) is 4.90 Å². The van der Waals surface area contributed by atoms with E-state index < -0.39 is 0 Å². The molecule has 2 aliphatic heterocycles. The molecule has 14 heavy (non-hydrogen) atoms. The zero-order valence-electron chi connectivity index (χ0n) is 9.46. The third-order valence-corrected chi connectivity index (χ3v) is 3.76. The minimum Gasteiger partial charge on any atom is -0.370 e. The van der Waals surface area contributed by atoms with Crippen LogP contribution in [0.4, 0.5) is 0 Å². The number of ether oxygens (including phenoxy) is 1. The molecule has 0 saturated carbocycles. The van der Waals surface area contributed by atoms with Gasteiger partial charge in [-0.3, -0.25) is 4.79 Å². The Morgan fingerprint density at radius 2 is 2.14 bits per heavy atom. The molecular weight excluding hydrogens is 178 g/mol. The Bertz CT molecular complexity index is 269. The number of nitrogens with zero attached hydrogens (tertiary/aromatic N) is 1. The van der Waals surface area contributed by atoms with Crippen LogP contribution in [-0.4, -0.2) is 35.6 Å². The van der Waals surface area contributed by atoms with Crippen LogP contribution in [0, 0.1) is 5.41 Å². The molecule has 2 aliphatic rings. The molecule has 2 fully saturated rings. The average Bonchev–Trinajstić information content (AvgIpc) is 2.59. The molecule has 2 rings (SSSR count). The van der Waals surface area contributed by atoms with Gasteiger partial charge in [-0.05, 0) is 5.41 Å². The summed E-state index contributed by atoms with van der Waals surface area (Å²) in [4.78, 5) is 13.3. The first-order chi connectivity index (χ1) is 6.36. The average molecular weight is 197 g/mol. The van der Waals surface area contributed by atoms with E-state index in [-0.39, 0.29) is 16.9 Å². The summed E-state index contributed by atoms with van der Waals surface area (Å²) >= 11 is 0. The predicted octanol–water partition coefficient (Wildman–Crippen LogP) is 1.42. The van der Waals surface area contributed by atoms with Gasteiger partial charge in [-0.25, -0.2) is 0 Å². The number of rotatable bonds is 0. The molecule has 2 bridgehead atoms. The smallest absolute Gasteiger partial charge is 0.219 e. The Balaban J connectivity index is 2.23. The third kappa shape index (κ3) is 1.18. The maximum absolute atomic E-state index is 11.4. The van der Waals surface area contributed by atoms with Crippen molar-refractivity contribution in [3.63, 3.8) is 0 Å². The summed E-state index contributed by atoms with van der Waals surface area (Å²) in [6.07, 6.45) is 1.01. The van der Waals surface area contributed by atoms with Crippen molar-refractivity contribution in [3.05, 3.63) is 0 Å². The van der Waals surface area contributed by atoms with E-state index in [0.717, 1.165) is 19.6 Å². The second kappa shape index (κ2) is 2.72. The lowest BCUT2D eigenvalue weighted by Crippen LogP contribution is -2.50. The molecule has 0 aromatic rings. The lowest BCUT2D eigenvalue weighted by Gasteiger charge is -2.41. The van der Waals surface area contributed by atoms with E-state index >= 15 is 0 Å². The van der Waals surface area contributed by atoms with Crippen molar-refractivity contribution in [3.8, 4) is 0 Å². The topological polar surface area (TPSA) is 29.5 Å². The van der Waals surface area contributed by atoms with E-state index in [1.165, 1.54) is 0 Å². The fraction of sp³-hybridized carbons (Fsp3) is 0.909. The number of hydrogen-bond acceptors (Lipinski definition) is 2. The first-order valence-corrected chi connectivity index (χ1v) is 5.27. The van der Waals surface area contributed by atoms with Crippen LogP contribution in [0.5, 0.6) is 0 Å². The number of hydrogen-bond donors (Lipinski definition) is 0. The van der Waals surface area contributed by atoms with Gasteiger partial charge in [0.05, 0.1) is 24.8 Å². The minimum absolute atomic E-state index is 0.0939. The number of morpholine rings is 1. The molecule has 0 unspecified atom stereocenters. The zero-order chi connectivity index (χ0) is 10.6. The maximum atomic E-state index is 11.4. The molecule has 0 aliphatic carbocycles. The summed E-state index contributed by atoms with van der Waals surface area (Å²) < 4.78 is 5.89. The van der Waals surface area contributed by atoms with Crippen molar-refractivity contribution in [2.45, 2.75) is 45.8 Å². The molecule has 3 nitrogen and oxygen atoms in total. The Labute approximate surface area is 85.4 Å². The van der Waals surface area contributed by atoms with Gasteiger partial charge in [0.25, 0.3) is 0 Å². The van der Waals surface area contributed by atoms with Crippen LogP contribution in [-0.2, 0) is 9.53 Å². The molecule has 3 heteroatoms. The summed E-state index contributed by atoms with van der Waals surface area (Å²) in [6.45, 7) is 9.72. The summed E-state index contributed by atoms with van der Waals surface area (Å²) in [5.74, 6) is 0.185. The van der Waals surface area contributed by atoms with Gasteiger partial charge in [0.1, 0.15) is 0 Å². The lowest BCUT2D eigenvalue weighted by molar-refractivity contribution is -0.144. The Hall–Kier alpha value is -0.570. The largest absolute Gasteiger partial charge is 0.370 e. The summed E-state index contributed by atoms with van der Waals surface area (Å²) in [6, 6.07) is 0.326. The van der Waals surface area contributed by atoms with Gasteiger partial charge in [0.15, 0.2) is 0 Å². The second-order valence-electron chi connectivity index (χ2n) is 5.56. The number of likely N-dealkylation sites (tertiary alicyclic amines) is 1. The van der Waals surface area contributed by atoms with Gasteiger partial charge < -0.3 is 9.64 Å². The van der Waals surface area contributed by atoms with Crippen molar-refractivity contribution >= 4 is 5.91 Å². The first kappa shape index (κ1) is 9.97. The van der Waals surface area contributed by atoms with E-state index in [2.05, 4.69) is 20.8 Å². The van der Waals surface area contributed by atoms with Crippen molar-refractivity contribution in [2.24, 2.45) is 5.41 Å². The fourth-order valence-electron chi connectivity index (χ4n) is 2.60. The van der Waals surface area contributed by atoms with Gasteiger partial charge >= 0.3 is 0 Å². The van der Waals surface area contributed by atoms with Crippen LogP contribution in [0.3, 0.4) is 0 Å².